The van der Waals surface area contributed by atoms with Crippen LogP contribution in [0.25, 0.3) is 0 Å². The zero-order valence-electron chi connectivity index (χ0n) is 12.2. The number of ether oxygens (including phenoxy) is 5. The van der Waals surface area contributed by atoms with Gasteiger partial charge in [0, 0.05) is 0 Å². The minimum absolute atomic E-state index is 0.0998. The molecule has 0 heterocycles. The highest BCUT2D eigenvalue weighted by molar-refractivity contribution is 5.93. The molecule has 0 aliphatic carbocycles. The summed E-state index contributed by atoms with van der Waals surface area (Å²) in [5.74, 6) is -1.04. The minimum atomic E-state index is -0.747. The Bertz CT molecular complexity index is 548. The van der Waals surface area contributed by atoms with Gasteiger partial charge >= 0.3 is 11.9 Å². The highest BCUT2D eigenvalue weighted by Crippen LogP contribution is 2.26. The SMILES string of the molecule is CO/C=C(/Oc1ccc(OC)cc1C(=O)OC)C(=O)OC. The Morgan fingerprint density at radius 2 is 1.76 bits per heavy atom. The van der Waals surface area contributed by atoms with E-state index in [2.05, 4.69) is 9.47 Å². The highest BCUT2D eigenvalue weighted by atomic mass is 16.6. The van der Waals surface area contributed by atoms with Crippen molar-refractivity contribution in [2.45, 2.75) is 0 Å². The number of esters is 2. The van der Waals surface area contributed by atoms with Crippen molar-refractivity contribution in [3.05, 3.63) is 35.8 Å². The second-order valence-corrected chi connectivity index (χ2v) is 3.67. The summed E-state index contributed by atoms with van der Waals surface area (Å²) in [6.07, 6.45) is 1.07. The molecule has 0 atom stereocenters. The maximum absolute atomic E-state index is 11.8. The van der Waals surface area contributed by atoms with E-state index in [1.165, 1.54) is 40.6 Å². The van der Waals surface area contributed by atoms with Crippen LogP contribution in [0.5, 0.6) is 11.5 Å². The van der Waals surface area contributed by atoms with E-state index in [4.69, 9.17) is 14.2 Å². The average molecular weight is 296 g/mol. The quantitative estimate of drug-likeness (QED) is 0.447. The van der Waals surface area contributed by atoms with E-state index in [0.717, 1.165) is 6.26 Å². The van der Waals surface area contributed by atoms with E-state index >= 15 is 0 Å². The molecule has 7 nitrogen and oxygen atoms in total. The van der Waals surface area contributed by atoms with Gasteiger partial charge in [0.15, 0.2) is 0 Å². The maximum Gasteiger partial charge on any atom is 0.377 e. The summed E-state index contributed by atoms with van der Waals surface area (Å²) in [6, 6.07) is 4.48. The first-order valence-electron chi connectivity index (χ1n) is 5.82. The summed E-state index contributed by atoms with van der Waals surface area (Å²) in [4.78, 5) is 23.3. The molecule has 1 rings (SSSR count). The molecule has 21 heavy (non-hydrogen) atoms. The van der Waals surface area contributed by atoms with Gasteiger partial charge < -0.3 is 23.7 Å². The van der Waals surface area contributed by atoms with E-state index in [0.29, 0.717) is 5.75 Å². The Hall–Kier alpha value is -2.70. The van der Waals surface area contributed by atoms with Gasteiger partial charge in [-0.3, -0.25) is 0 Å². The lowest BCUT2D eigenvalue weighted by atomic mass is 10.2. The summed E-state index contributed by atoms with van der Waals surface area (Å²) in [5, 5.41) is 0. The Morgan fingerprint density at radius 3 is 2.29 bits per heavy atom. The third kappa shape index (κ3) is 4.13. The number of carbonyl (C=O) groups is 2. The first-order valence-corrected chi connectivity index (χ1v) is 5.82. The highest BCUT2D eigenvalue weighted by Gasteiger charge is 2.19. The minimum Gasteiger partial charge on any atom is -0.500 e. The molecule has 1 aromatic carbocycles. The van der Waals surface area contributed by atoms with Crippen molar-refractivity contribution in [3.8, 4) is 11.5 Å². The van der Waals surface area contributed by atoms with E-state index in [1.807, 2.05) is 0 Å². The van der Waals surface area contributed by atoms with Crippen LogP contribution in [0.15, 0.2) is 30.2 Å². The first-order chi connectivity index (χ1) is 10.1. The third-order valence-electron chi connectivity index (χ3n) is 2.42. The van der Waals surface area contributed by atoms with Gasteiger partial charge in [-0.2, -0.15) is 0 Å². The molecule has 0 amide bonds. The fourth-order valence-corrected chi connectivity index (χ4v) is 1.43. The summed E-state index contributed by atoms with van der Waals surface area (Å²) in [6.45, 7) is 0. The number of carbonyl (C=O) groups excluding carboxylic acids is 2. The van der Waals surface area contributed by atoms with Crippen LogP contribution in [0.2, 0.25) is 0 Å². The predicted molar refractivity (Wildman–Crippen MR) is 72.1 cm³/mol. The van der Waals surface area contributed by atoms with Crippen molar-refractivity contribution in [2.75, 3.05) is 28.4 Å². The van der Waals surface area contributed by atoms with Gasteiger partial charge in [0.25, 0.3) is 0 Å². The second kappa shape index (κ2) is 7.78. The van der Waals surface area contributed by atoms with Crippen molar-refractivity contribution in [1.29, 1.82) is 0 Å². The largest absolute Gasteiger partial charge is 0.500 e. The molecule has 0 radical (unpaired) electrons. The molecule has 114 valence electrons. The molecular formula is C14H16O7. The monoisotopic (exact) mass is 296 g/mol. The van der Waals surface area contributed by atoms with E-state index in [1.54, 1.807) is 6.07 Å². The van der Waals surface area contributed by atoms with Gasteiger partial charge in [0.2, 0.25) is 5.76 Å². The van der Waals surface area contributed by atoms with Crippen molar-refractivity contribution in [2.24, 2.45) is 0 Å². The van der Waals surface area contributed by atoms with Crippen LogP contribution < -0.4 is 9.47 Å². The second-order valence-electron chi connectivity index (χ2n) is 3.67. The molecular weight excluding hydrogens is 280 g/mol. The number of hydrogen-bond acceptors (Lipinski definition) is 7. The normalized spacial score (nSPS) is 10.6. The molecule has 7 heteroatoms. The van der Waals surface area contributed by atoms with E-state index in [9.17, 15) is 9.59 Å². The molecule has 0 aliphatic rings. The Morgan fingerprint density at radius 1 is 1.05 bits per heavy atom. The Kier molecular flexibility index (Phi) is 6.06. The molecule has 0 fully saturated rings. The number of hydrogen-bond donors (Lipinski definition) is 0. The summed E-state index contributed by atoms with van der Waals surface area (Å²) in [7, 11) is 5.24. The van der Waals surface area contributed by atoms with E-state index < -0.39 is 11.9 Å². The molecule has 0 N–H and O–H groups in total. The summed E-state index contributed by atoms with van der Waals surface area (Å²) >= 11 is 0. The molecule has 0 aromatic heterocycles. The standard InChI is InChI=1S/C14H16O7/c1-17-8-12(14(16)20-4)21-11-6-5-9(18-2)7-10(11)13(15)19-3/h5-8H,1-4H3/b12-8+. The average Bonchev–Trinajstić information content (AvgIpc) is 2.53. The van der Waals surface area contributed by atoms with Gasteiger partial charge in [0.05, 0.1) is 28.4 Å². The van der Waals surface area contributed by atoms with Gasteiger partial charge in [0.1, 0.15) is 23.3 Å². The van der Waals surface area contributed by atoms with Crippen LogP contribution in [0.1, 0.15) is 10.4 Å². The van der Waals surface area contributed by atoms with E-state index in [-0.39, 0.29) is 17.1 Å². The zero-order valence-corrected chi connectivity index (χ0v) is 12.2. The maximum atomic E-state index is 11.8. The molecule has 0 aliphatic heterocycles. The lowest BCUT2D eigenvalue weighted by Crippen LogP contribution is -2.13. The number of methoxy groups -OCH3 is 4. The zero-order chi connectivity index (χ0) is 15.8. The smallest absolute Gasteiger partial charge is 0.377 e. The van der Waals surface area contributed by atoms with Crippen molar-refractivity contribution in [3.63, 3.8) is 0 Å². The number of rotatable bonds is 6. The fourth-order valence-electron chi connectivity index (χ4n) is 1.43. The summed E-state index contributed by atoms with van der Waals surface area (Å²) in [5.41, 5.74) is 0.0998. The van der Waals surface area contributed by atoms with Crippen molar-refractivity contribution in [1.82, 2.24) is 0 Å². The van der Waals surface area contributed by atoms with Crippen LogP contribution in [0.3, 0.4) is 0 Å². The van der Waals surface area contributed by atoms with Gasteiger partial charge in [-0.15, -0.1) is 0 Å². The molecule has 0 unspecified atom stereocenters. The molecule has 0 saturated carbocycles. The molecule has 1 aromatic rings. The topological polar surface area (TPSA) is 80.3 Å². The molecule has 0 spiro atoms. The van der Waals surface area contributed by atoms with Crippen LogP contribution in [0.4, 0.5) is 0 Å². The fraction of sp³-hybridized carbons (Fsp3) is 0.286. The van der Waals surface area contributed by atoms with Gasteiger partial charge in [-0.05, 0) is 18.2 Å². The van der Waals surface area contributed by atoms with Crippen LogP contribution >= 0.6 is 0 Å². The number of benzene rings is 1. The first kappa shape index (κ1) is 16.4. The predicted octanol–water partition coefficient (Wildman–Crippen LogP) is 1.52. The van der Waals surface area contributed by atoms with Crippen molar-refractivity contribution < 1.29 is 33.3 Å². The van der Waals surface area contributed by atoms with Crippen LogP contribution in [0, 0.1) is 0 Å². The Balaban J connectivity index is 3.19. The lowest BCUT2D eigenvalue weighted by Gasteiger charge is -2.12. The van der Waals surface area contributed by atoms with Gasteiger partial charge in [-0.25, -0.2) is 9.59 Å². The molecule has 0 saturated heterocycles. The van der Waals surface area contributed by atoms with Crippen LogP contribution in [-0.2, 0) is 19.0 Å². The molecule has 0 bridgehead atoms. The van der Waals surface area contributed by atoms with Gasteiger partial charge in [-0.1, -0.05) is 0 Å². The Labute approximate surface area is 122 Å². The summed E-state index contributed by atoms with van der Waals surface area (Å²) < 4.78 is 24.4. The van der Waals surface area contributed by atoms with Crippen LogP contribution in [-0.4, -0.2) is 40.4 Å². The third-order valence-corrected chi connectivity index (χ3v) is 2.42. The van der Waals surface area contributed by atoms with Crippen molar-refractivity contribution >= 4 is 11.9 Å². The lowest BCUT2D eigenvalue weighted by molar-refractivity contribution is -0.138.